The van der Waals surface area contributed by atoms with Gasteiger partial charge in [-0.05, 0) is 55.3 Å². The summed E-state index contributed by atoms with van der Waals surface area (Å²) in [4.78, 5) is 16.2. The monoisotopic (exact) mass is 353 g/mol. The van der Waals surface area contributed by atoms with Crippen LogP contribution in [-0.2, 0) is 9.59 Å². The molecule has 0 spiro atoms. The Kier molecular flexibility index (Phi) is 6.25. The van der Waals surface area contributed by atoms with E-state index in [9.17, 15) is 0 Å². The predicted molar refractivity (Wildman–Crippen MR) is 94.4 cm³/mol. The maximum absolute atomic E-state index is 8.12. The smallest absolute Gasteiger partial charge is 0.373 e. The van der Waals surface area contributed by atoms with Crippen LogP contribution in [0.15, 0.2) is 42.6 Å². The van der Waals surface area contributed by atoms with Crippen molar-refractivity contribution in [3.05, 3.63) is 53.7 Å². The Hall–Kier alpha value is -3.44. The fraction of sp³-hybridized carbons (Fsp3) is 0.211. The Morgan fingerprint density at radius 2 is 1.65 bits per heavy atom. The molecule has 1 aromatic heterocycles. The number of aromatic nitrogens is 3. The van der Waals surface area contributed by atoms with Gasteiger partial charge in [0.1, 0.15) is 11.5 Å². The number of rotatable bonds is 4. The van der Waals surface area contributed by atoms with Crippen LogP contribution in [0.25, 0.3) is 16.9 Å². The van der Waals surface area contributed by atoms with Gasteiger partial charge in [-0.2, -0.15) is 9.59 Å². The molecule has 3 rings (SSSR count). The SMILES string of the molecule is COc1ccc(-c2cnnn2-c2cc(C)c(C)c(OC)c2)cc1.O=C=O. The van der Waals surface area contributed by atoms with Crippen LogP contribution in [0.3, 0.4) is 0 Å². The second-order valence-electron chi connectivity index (χ2n) is 5.43. The minimum atomic E-state index is 0.250. The molecule has 0 aliphatic heterocycles. The molecule has 134 valence electrons. The maximum Gasteiger partial charge on any atom is 0.373 e. The quantitative estimate of drug-likeness (QED) is 0.717. The average Bonchev–Trinajstić information content (AvgIpc) is 3.14. The van der Waals surface area contributed by atoms with Crippen molar-refractivity contribution in [2.24, 2.45) is 0 Å². The molecule has 0 amide bonds. The third-order valence-electron chi connectivity index (χ3n) is 4.00. The molecular formula is C19H19N3O4. The molecule has 0 saturated carbocycles. The summed E-state index contributed by atoms with van der Waals surface area (Å²) >= 11 is 0. The summed E-state index contributed by atoms with van der Waals surface area (Å²) in [5.41, 5.74) is 5.14. The molecule has 7 heteroatoms. The standard InChI is InChI=1S/C18H19N3O2.CO2/c1-12-9-15(10-18(23-4)13(12)2)21-17(11-19-20-21)14-5-7-16(22-3)8-6-14;2-1-3/h5-11H,1-4H3;. The molecule has 0 aliphatic carbocycles. The van der Waals surface area contributed by atoms with Crippen LogP contribution in [-0.4, -0.2) is 35.4 Å². The minimum Gasteiger partial charge on any atom is -0.497 e. The van der Waals surface area contributed by atoms with Crippen molar-refractivity contribution in [1.82, 2.24) is 15.0 Å². The van der Waals surface area contributed by atoms with Gasteiger partial charge >= 0.3 is 6.15 Å². The summed E-state index contributed by atoms with van der Waals surface area (Å²) in [6, 6.07) is 11.9. The lowest BCUT2D eigenvalue weighted by Crippen LogP contribution is -2.02. The zero-order valence-electron chi connectivity index (χ0n) is 15.0. The van der Waals surface area contributed by atoms with Crippen molar-refractivity contribution >= 4 is 6.15 Å². The van der Waals surface area contributed by atoms with Gasteiger partial charge in [0, 0.05) is 11.6 Å². The minimum absolute atomic E-state index is 0.250. The van der Waals surface area contributed by atoms with E-state index in [4.69, 9.17) is 19.1 Å². The number of benzene rings is 2. The van der Waals surface area contributed by atoms with Crippen molar-refractivity contribution in [1.29, 1.82) is 0 Å². The molecule has 26 heavy (non-hydrogen) atoms. The molecule has 0 saturated heterocycles. The zero-order chi connectivity index (χ0) is 19.1. The first-order chi connectivity index (χ1) is 12.5. The summed E-state index contributed by atoms with van der Waals surface area (Å²) in [5, 5.41) is 8.30. The van der Waals surface area contributed by atoms with Gasteiger partial charge in [-0.15, -0.1) is 5.10 Å². The Balaban J connectivity index is 0.000000758. The van der Waals surface area contributed by atoms with E-state index < -0.39 is 0 Å². The average molecular weight is 353 g/mol. The summed E-state index contributed by atoms with van der Waals surface area (Å²) < 4.78 is 12.5. The second-order valence-corrected chi connectivity index (χ2v) is 5.43. The van der Waals surface area contributed by atoms with Crippen LogP contribution in [0, 0.1) is 13.8 Å². The Bertz CT molecular complexity index is 911. The van der Waals surface area contributed by atoms with E-state index >= 15 is 0 Å². The van der Waals surface area contributed by atoms with E-state index in [1.807, 2.05) is 41.9 Å². The van der Waals surface area contributed by atoms with Crippen molar-refractivity contribution < 1.29 is 19.1 Å². The van der Waals surface area contributed by atoms with E-state index in [-0.39, 0.29) is 6.15 Å². The van der Waals surface area contributed by atoms with Gasteiger partial charge in [-0.25, -0.2) is 4.68 Å². The molecule has 0 atom stereocenters. The van der Waals surface area contributed by atoms with Crippen molar-refractivity contribution in [2.75, 3.05) is 14.2 Å². The predicted octanol–water partition coefficient (Wildman–Crippen LogP) is 2.98. The Labute approximate surface area is 151 Å². The molecule has 7 nitrogen and oxygen atoms in total. The van der Waals surface area contributed by atoms with Crippen LogP contribution in [0.5, 0.6) is 11.5 Å². The van der Waals surface area contributed by atoms with Crippen molar-refractivity contribution in [3.8, 4) is 28.4 Å². The van der Waals surface area contributed by atoms with Gasteiger partial charge in [-0.3, -0.25) is 0 Å². The second kappa shape index (κ2) is 8.60. The number of ether oxygens (including phenoxy) is 2. The molecule has 0 bridgehead atoms. The zero-order valence-corrected chi connectivity index (χ0v) is 15.0. The normalized spacial score (nSPS) is 9.69. The fourth-order valence-corrected chi connectivity index (χ4v) is 2.53. The third-order valence-corrected chi connectivity index (χ3v) is 4.00. The number of hydrogen-bond acceptors (Lipinski definition) is 6. The van der Waals surface area contributed by atoms with Gasteiger partial charge < -0.3 is 9.47 Å². The van der Waals surface area contributed by atoms with E-state index in [2.05, 4.69) is 23.3 Å². The van der Waals surface area contributed by atoms with Crippen molar-refractivity contribution in [3.63, 3.8) is 0 Å². The maximum atomic E-state index is 8.12. The molecule has 0 N–H and O–H groups in total. The Morgan fingerprint density at radius 3 is 2.23 bits per heavy atom. The van der Waals surface area contributed by atoms with Gasteiger partial charge in [0.05, 0.1) is 31.8 Å². The molecular weight excluding hydrogens is 334 g/mol. The molecule has 0 fully saturated rings. The molecule has 0 aliphatic rings. The summed E-state index contributed by atoms with van der Waals surface area (Å²) in [7, 11) is 3.33. The first kappa shape index (κ1) is 18.9. The van der Waals surface area contributed by atoms with Gasteiger partial charge in [0.2, 0.25) is 0 Å². The molecule has 3 aromatic rings. The van der Waals surface area contributed by atoms with E-state index in [1.165, 1.54) is 0 Å². The number of hydrogen-bond donors (Lipinski definition) is 0. The van der Waals surface area contributed by atoms with E-state index in [1.54, 1.807) is 20.4 Å². The lowest BCUT2D eigenvalue weighted by atomic mass is 10.1. The largest absolute Gasteiger partial charge is 0.497 e. The van der Waals surface area contributed by atoms with Crippen LogP contribution in [0.4, 0.5) is 0 Å². The van der Waals surface area contributed by atoms with Crippen LogP contribution >= 0.6 is 0 Å². The number of carbonyl (C=O) groups excluding carboxylic acids is 2. The van der Waals surface area contributed by atoms with Gasteiger partial charge in [-0.1, -0.05) is 5.21 Å². The van der Waals surface area contributed by atoms with E-state index in [0.29, 0.717) is 0 Å². The highest BCUT2D eigenvalue weighted by molar-refractivity contribution is 5.63. The first-order valence-corrected chi connectivity index (χ1v) is 7.75. The van der Waals surface area contributed by atoms with Crippen LogP contribution in [0.2, 0.25) is 0 Å². The third kappa shape index (κ3) is 3.96. The van der Waals surface area contributed by atoms with Crippen LogP contribution in [0.1, 0.15) is 11.1 Å². The molecule has 0 radical (unpaired) electrons. The highest BCUT2D eigenvalue weighted by Gasteiger charge is 2.12. The van der Waals surface area contributed by atoms with Crippen molar-refractivity contribution in [2.45, 2.75) is 13.8 Å². The molecule has 2 aromatic carbocycles. The highest BCUT2D eigenvalue weighted by atomic mass is 16.5. The number of methoxy groups -OCH3 is 2. The Morgan fingerprint density at radius 1 is 1.00 bits per heavy atom. The molecule has 1 heterocycles. The summed E-state index contributed by atoms with van der Waals surface area (Å²) in [6.45, 7) is 4.11. The lowest BCUT2D eigenvalue weighted by Gasteiger charge is -2.12. The fourth-order valence-electron chi connectivity index (χ4n) is 2.53. The summed E-state index contributed by atoms with van der Waals surface area (Å²) in [6.07, 6.45) is 2.00. The number of aryl methyl sites for hydroxylation is 1. The van der Waals surface area contributed by atoms with Crippen LogP contribution < -0.4 is 9.47 Å². The van der Waals surface area contributed by atoms with Gasteiger partial charge in [0.25, 0.3) is 0 Å². The topological polar surface area (TPSA) is 83.3 Å². The summed E-state index contributed by atoms with van der Waals surface area (Å²) in [5.74, 6) is 1.66. The lowest BCUT2D eigenvalue weighted by molar-refractivity contribution is -0.191. The highest BCUT2D eigenvalue weighted by Crippen LogP contribution is 2.28. The molecule has 0 unspecified atom stereocenters. The first-order valence-electron chi connectivity index (χ1n) is 7.75. The van der Waals surface area contributed by atoms with E-state index in [0.717, 1.165) is 39.6 Å². The number of nitrogens with zero attached hydrogens (tertiary/aromatic N) is 3. The van der Waals surface area contributed by atoms with Gasteiger partial charge in [0.15, 0.2) is 0 Å².